The third-order valence-electron chi connectivity index (χ3n) is 5.45. The number of rotatable bonds is 9. The summed E-state index contributed by atoms with van der Waals surface area (Å²) in [6.45, 7) is 0.208. The summed E-state index contributed by atoms with van der Waals surface area (Å²) < 4.78 is 0.640. The molecule has 1 amide bonds. The summed E-state index contributed by atoms with van der Waals surface area (Å²) in [5.74, 6) is -3.79. The molecule has 1 aromatic carbocycles. The molecule has 0 bridgehead atoms. The number of carboxylic acid groups (broad SMARTS) is 1. The summed E-state index contributed by atoms with van der Waals surface area (Å²) in [4.78, 5) is 63.0. The average Bonchev–Trinajstić information content (AvgIpc) is 3.22. The molecule has 0 aliphatic rings. The SMILES string of the molecule is Nc1nc2ncc(CNc3ccc(C(=O)NC(CCC(=O)n4c(O)ccc4O)C(=O)O)cc3)nc2c(=O)[nH]1. The number of fused-ring (bicyclic) bond motifs is 1. The monoisotopic (exact) mass is 522 g/mol. The predicted octanol–water partition coefficient (Wildman–Crippen LogP) is 0.424. The van der Waals surface area contributed by atoms with E-state index >= 15 is 0 Å². The highest BCUT2D eigenvalue weighted by atomic mass is 16.4. The van der Waals surface area contributed by atoms with Crippen LogP contribution in [0.15, 0.2) is 47.4 Å². The van der Waals surface area contributed by atoms with E-state index in [1.165, 1.54) is 18.3 Å². The summed E-state index contributed by atoms with van der Waals surface area (Å²) in [5.41, 5.74) is 6.39. The number of hydrogen-bond donors (Lipinski definition) is 7. The molecule has 0 spiro atoms. The van der Waals surface area contributed by atoms with Crippen LogP contribution in [0.25, 0.3) is 11.2 Å². The zero-order chi connectivity index (χ0) is 27.4. The minimum atomic E-state index is -1.39. The van der Waals surface area contributed by atoms with Crippen molar-refractivity contribution in [2.45, 2.75) is 25.4 Å². The molecule has 38 heavy (non-hydrogen) atoms. The van der Waals surface area contributed by atoms with E-state index in [1.54, 1.807) is 12.1 Å². The van der Waals surface area contributed by atoms with Gasteiger partial charge < -0.3 is 31.7 Å². The fraction of sp³-hybridized carbons (Fsp3) is 0.174. The first kappa shape index (κ1) is 25.6. The molecule has 3 aromatic heterocycles. The van der Waals surface area contributed by atoms with Crippen molar-refractivity contribution < 1.29 is 29.7 Å². The number of aliphatic carboxylic acids is 1. The maximum absolute atomic E-state index is 12.6. The number of nitrogens with two attached hydrogens (primary N) is 1. The Kier molecular flexibility index (Phi) is 7.18. The number of hydrogen-bond acceptors (Lipinski definition) is 11. The van der Waals surface area contributed by atoms with Crippen LogP contribution in [0.2, 0.25) is 0 Å². The molecule has 196 valence electrons. The number of anilines is 2. The normalized spacial score (nSPS) is 11.7. The Morgan fingerprint density at radius 3 is 2.39 bits per heavy atom. The fourth-order valence-electron chi connectivity index (χ4n) is 3.54. The zero-order valence-corrected chi connectivity index (χ0v) is 19.6. The maximum Gasteiger partial charge on any atom is 0.326 e. The van der Waals surface area contributed by atoms with E-state index in [4.69, 9.17) is 5.73 Å². The number of H-pyrrole nitrogens is 1. The Hall–Kier alpha value is -5.47. The molecule has 4 rings (SSSR count). The number of aromatic nitrogens is 5. The Labute approximate surface area is 213 Å². The van der Waals surface area contributed by atoms with Crippen molar-refractivity contribution in [3.05, 3.63) is 64.2 Å². The number of carbonyl (C=O) groups is 3. The van der Waals surface area contributed by atoms with E-state index in [0.717, 1.165) is 12.1 Å². The topological polar surface area (TPSA) is 238 Å². The molecule has 0 saturated carbocycles. The molecule has 1 unspecified atom stereocenters. The molecule has 15 nitrogen and oxygen atoms in total. The molecular formula is C23H22N8O7. The van der Waals surface area contributed by atoms with E-state index in [2.05, 4.69) is 30.6 Å². The highest BCUT2D eigenvalue weighted by Crippen LogP contribution is 2.22. The summed E-state index contributed by atoms with van der Waals surface area (Å²) in [6.07, 6.45) is 0.816. The number of aromatic hydroxyl groups is 2. The Morgan fingerprint density at radius 2 is 1.74 bits per heavy atom. The van der Waals surface area contributed by atoms with Crippen LogP contribution in [-0.2, 0) is 11.3 Å². The van der Waals surface area contributed by atoms with Crippen LogP contribution in [0.1, 0.15) is 33.7 Å². The standard InChI is InChI=1S/C23H22N8O7/c24-23-29-19-18(21(36)30-23)27-13(10-26-19)9-25-12-3-1-11(2-4-12)20(35)28-14(22(37)38)5-6-15(32)31-16(33)7-8-17(31)34/h1-4,7-8,10,14,25,33-34H,5-6,9H2,(H,28,35)(H,37,38)(H3,24,26,29,30,36). The number of amides is 1. The molecular weight excluding hydrogens is 500 g/mol. The van der Waals surface area contributed by atoms with Gasteiger partial charge in [-0.1, -0.05) is 0 Å². The second-order valence-electron chi connectivity index (χ2n) is 8.10. The number of benzene rings is 1. The smallest absolute Gasteiger partial charge is 0.326 e. The minimum absolute atomic E-state index is 0.0437. The van der Waals surface area contributed by atoms with Gasteiger partial charge in [-0.05, 0) is 30.7 Å². The molecule has 0 aliphatic heterocycles. The molecule has 3 heterocycles. The number of nitrogens with zero attached hydrogens (tertiary/aromatic N) is 4. The first-order valence-corrected chi connectivity index (χ1v) is 11.1. The molecule has 0 saturated heterocycles. The van der Waals surface area contributed by atoms with Crippen molar-refractivity contribution in [3.8, 4) is 11.8 Å². The van der Waals surface area contributed by atoms with Crippen LogP contribution < -0.4 is 21.9 Å². The van der Waals surface area contributed by atoms with E-state index in [9.17, 15) is 34.5 Å². The quantitative estimate of drug-likeness (QED) is 0.158. The number of nitrogen functional groups attached to an aromatic ring is 1. The van der Waals surface area contributed by atoms with Gasteiger partial charge in [0.15, 0.2) is 11.2 Å². The second kappa shape index (κ2) is 10.7. The summed E-state index contributed by atoms with van der Waals surface area (Å²) >= 11 is 0. The van der Waals surface area contributed by atoms with Crippen LogP contribution in [0.5, 0.6) is 11.8 Å². The number of carbonyl (C=O) groups excluding carboxylic acids is 2. The second-order valence-corrected chi connectivity index (χ2v) is 8.10. The first-order valence-electron chi connectivity index (χ1n) is 11.1. The van der Waals surface area contributed by atoms with Gasteiger partial charge in [-0.2, -0.15) is 4.98 Å². The van der Waals surface area contributed by atoms with Gasteiger partial charge in [-0.15, -0.1) is 0 Å². The van der Waals surface area contributed by atoms with Gasteiger partial charge in [0.25, 0.3) is 11.5 Å². The number of aromatic amines is 1. The van der Waals surface area contributed by atoms with E-state index in [-0.39, 0.29) is 42.1 Å². The van der Waals surface area contributed by atoms with Crippen molar-refractivity contribution in [2.75, 3.05) is 11.1 Å². The maximum atomic E-state index is 12.6. The van der Waals surface area contributed by atoms with Crippen molar-refractivity contribution >= 4 is 40.6 Å². The van der Waals surface area contributed by atoms with Crippen molar-refractivity contribution in [3.63, 3.8) is 0 Å². The van der Waals surface area contributed by atoms with Gasteiger partial charge >= 0.3 is 5.97 Å². The average molecular weight is 522 g/mol. The van der Waals surface area contributed by atoms with Gasteiger partial charge in [-0.25, -0.2) is 19.3 Å². The predicted molar refractivity (Wildman–Crippen MR) is 133 cm³/mol. The van der Waals surface area contributed by atoms with Crippen molar-refractivity contribution in [2.24, 2.45) is 0 Å². The molecule has 0 radical (unpaired) electrons. The van der Waals surface area contributed by atoms with Gasteiger partial charge in [0.1, 0.15) is 6.04 Å². The van der Waals surface area contributed by atoms with Gasteiger partial charge in [-0.3, -0.25) is 19.4 Å². The molecule has 0 fully saturated rings. The lowest BCUT2D eigenvalue weighted by Crippen LogP contribution is -2.41. The first-order chi connectivity index (χ1) is 18.1. The van der Waals surface area contributed by atoms with Crippen LogP contribution in [0.4, 0.5) is 11.6 Å². The lowest BCUT2D eigenvalue weighted by Gasteiger charge is -2.15. The third kappa shape index (κ3) is 5.67. The zero-order valence-electron chi connectivity index (χ0n) is 19.6. The number of carboxylic acids is 1. The van der Waals surface area contributed by atoms with Crippen molar-refractivity contribution in [1.29, 1.82) is 0 Å². The van der Waals surface area contributed by atoms with Gasteiger partial charge in [0.2, 0.25) is 23.6 Å². The lowest BCUT2D eigenvalue weighted by atomic mass is 10.1. The molecule has 0 aliphatic carbocycles. The Balaban J connectivity index is 1.34. The van der Waals surface area contributed by atoms with Crippen LogP contribution in [0.3, 0.4) is 0 Å². The molecule has 8 N–H and O–H groups in total. The van der Waals surface area contributed by atoms with Crippen LogP contribution in [-0.4, -0.2) is 63.6 Å². The fourth-order valence-corrected chi connectivity index (χ4v) is 3.54. The van der Waals surface area contributed by atoms with Gasteiger partial charge in [0, 0.05) is 29.8 Å². The van der Waals surface area contributed by atoms with E-state index < -0.39 is 41.1 Å². The Bertz CT molecular complexity index is 1560. The molecule has 1 atom stereocenters. The Morgan fingerprint density at radius 1 is 1.05 bits per heavy atom. The van der Waals surface area contributed by atoms with Crippen molar-refractivity contribution in [1.82, 2.24) is 29.8 Å². The van der Waals surface area contributed by atoms with E-state index in [1.807, 2.05) is 0 Å². The third-order valence-corrected chi connectivity index (χ3v) is 5.45. The van der Waals surface area contributed by atoms with Crippen LogP contribution in [0, 0.1) is 0 Å². The molecule has 15 heteroatoms. The summed E-state index contributed by atoms with van der Waals surface area (Å²) in [5, 5.41) is 34.1. The summed E-state index contributed by atoms with van der Waals surface area (Å²) in [7, 11) is 0. The minimum Gasteiger partial charge on any atom is -0.494 e. The van der Waals surface area contributed by atoms with Crippen LogP contribution >= 0.6 is 0 Å². The highest BCUT2D eigenvalue weighted by molar-refractivity contribution is 5.97. The van der Waals surface area contributed by atoms with E-state index in [0.29, 0.717) is 15.9 Å². The largest absolute Gasteiger partial charge is 0.494 e. The lowest BCUT2D eigenvalue weighted by molar-refractivity contribution is -0.139. The summed E-state index contributed by atoms with van der Waals surface area (Å²) in [6, 6.07) is 6.98. The van der Waals surface area contributed by atoms with Gasteiger partial charge in [0.05, 0.1) is 18.4 Å². The highest BCUT2D eigenvalue weighted by Gasteiger charge is 2.23. The number of nitrogens with one attached hydrogen (secondary N) is 3. The molecule has 4 aromatic rings.